The molecule has 2 aromatic carbocycles. The average Bonchev–Trinajstić information content (AvgIpc) is 2.79. The van der Waals surface area contributed by atoms with E-state index in [4.69, 9.17) is 9.47 Å². The molecule has 0 radical (unpaired) electrons. The van der Waals surface area contributed by atoms with Crippen molar-refractivity contribution in [1.82, 2.24) is 9.21 Å². The highest BCUT2D eigenvalue weighted by atomic mass is 32.2. The zero-order valence-electron chi connectivity index (χ0n) is 19.8. The number of likely N-dealkylation sites (N-methyl/N-ethyl adjacent to an activating group) is 1. The van der Waals surface area contributed by atoms with Crippen LogP contribution in [0.2, 0.25) is 0 Å². The smallest absolute Gasteiger partial charge is 0.247 e. The number of aliphatic hydroxyl groups excluding tert-OH is 1. The summed E-state index contributed by atoms with van der Waals surface area (Å²) in [5.74, 6) is 7.09. The van der Waals surface area contributed by atoms with Gasteiger partial charge in [0, 0.05) is 36.2 Å². The second kappa shape index (κ2) is 10.6. The Bertz CT molecular complexity index is 1140. The van der Waals surface area contributed by atoms with Gasteiger partial charge in [0.15, 0.2) is 0 Å². The topological polar surface area (TPSA) is 79.3 Å². The minimum absolute atomic E-state index is 0.0872. The molecule has 2 aromatic rings. The summed E-state index contributed by atoms with van der Waals surface area (Å²) in [5, 5.41) is 9.71. The summed E-state index contributed by atoms with van der Waals surface area (Å²) in [4.78, 5) is 2.11. The van der Waals surface area contributed by atoms with E-state index < -0.39 is 16.1 Å². The first-order valence-electron chi connectivity index (χ1n) is 10.9. The molecule has 0 aromatic heterocycles. The van der Waals surface area contributed by atoms with Gasteiger partial charge in [-0.05, 0) is 57.4 Å². The Kier molecular flexibility index (Phi) is 8.03. The molecule has 8 heteroatoms. The van der Waals surface area contributed by atoms with Gasteiger partial charge in [0.2, 0.25) is 10.0 Å². The van der Waals surface area contributed by atoms with Gasteiger partial charge in [-0.1, -0.05) is 24.8 Å². The Balaban J connectivity index is 2.06. The maximum absolute atomic E-state index is 13.5. The predicted molar refractivity (Wildman–Crippen MR) is 128 cm³/mol. The average molecular weight is 473 g/mol. The lowest BCUT2D eigenvalue weighted by molar-refractivity contribution is 0.0812. The lowest BCUT2D eigenvalue weighted by atomic mass is 10.0. The molecule has 0 saturated carbocycles. The van der Waals surface area contributed by atoms with Crippen LogP contribution in [0, 0.1) is 17.8 Å². The van der Waals surface area contributed by atoms with E-state index in [1.807, 2.05) is 50.2 Å². The first-order valence-corrected chi connectivity index (χ1v) is 12.3. The van der Waals surface area contributed by atoms with Crippen LogP contribution in [0.5, 0.6) is 11.5 Å². The van der Waals surface area contributed by atoms with Crippen LogP contribution in [-0.4, -0.2) is 75.8 Å². The molecule has 0 fully saturated rings. The number of methoxy groups -OCH3 is 1. The van der Waals surface area contributed by atoms with Crippen molar-refractivity contribution in [2.75, 3.05) is 40.9 Å². The van der Waals surface area contributed by atoms with Crippen molar-refractivity contribution in [2.24, 2.45) is 5.92 Å². The van der Waals surface area contributed by atoms with Crippen LogP contribution in [0.4, 0.5) is 0 Å². The SMILES string of the molecule is COc1cccc(C#Cc2ccc3c(c2)O[C@H](CN(C)C)[C@H](C)CN([C@H](C)CO)S3(=O)=O)c1. The van der Waals surface area contributed by atoms with Crippen LogP contribution in [0.3, 0.4) is 0 Å². The van der Waals surface area contributed by atoms with E-state index in [9.17, 15) is 13.5 Å². The van der Waals surface area contributed by atoms with Crippen LogP contribution in [0.1, 0.15) is 25.0 Å². The van der Waals surface area contributed by atoms with Gasteiger partial charge in [-0.25, -0.2) is 8.42 Å². The molecule has 33 heavy (non-hydrogen) atoms. The number of aliphatic hydroxyl groups is 1. The molecule has 7 nitrogen and oxygen atoms in total. The Labute approximate surface area is 197 Å². The van der Waals surface area contributed by atoms with Crippen molar-refractivity contribution < 1.29 is 23.0 Å². The fourth-order valence-corrected chi connectivity index (χ4v) is 5.55. The van der Waals surface area contributed by atoms with E-state index >= 15 is 0 Å². The minimum Gasteiger partial charge on any atom is -0.497 e. The fourth-order valence-electron chi connectivity index (χ4n) is 3.73. The Morgan fingerprint density at radius 1 is 1.21 bits per heavy atom. The summed E-state index contributed by atoms with van der Waals surface area (Å²) < 4.78 is 39.9. The van der Waals surface area contributed by atoms with Gasteiger partial charge >= 0.3 is 0 Å². The molecular formula is C25H32N2O5S. The lowest BCUT2D eigenvalue weighted by Crippen LogP contribution is -2.49. The van der Waals surface area contributed by atoms with Gasteiger partial charge in [-0.2, -0.15) is 4.31 Å². The first-order chi connectivity index (χ1) is 15.6. The predicted octanol–water partition coefficient (Wildman–Crippen LogP) is 2.43. The van der Waals surface area contributed by atoms with Gasteiger partial charge < -0.3 is 19.5 Å². The van der Waals surface area contributed by atoms with E-state index in [-0.39, 0.29) is 35.8 Å². The first kappa shape index (κ1) is 25.1. The standard InChI is InChI=1S/C25H32N2O5S/c1-18-15-27(19(2)17-28)33(29,30)25-12-11-21(14-23(25)32-24(18)16-26(3)4)10-9-20-7-6-8-22(13-20)31-5/h6-8,11-14,18-19,24,28H,15-17H2,1-5H3/t18-,19-,24-/m1/s1. The molecule has 1 aliphatic heterocycles. The van der Waals surface area contributed by atoms with E-state index in [1.54, 1.807) is 32.2 Å². The van der Waals surface area contributed by atoms with Crippen molar-refractivity contribution >= 4 is 10.0 Å². The minimum atomic E-state index is -3.86. The zero-order chi connectivity index (χ0) is 24.2. The number of benzene rings is 2. The normalized spacial score (nSPS) is 21.1. The zero-order valence-corrected chi connectivity index (χ0v) is 20.6. The van der Waals surface area contributed by atoms with Crippen molar-refractivity contribution in [3.05, 3.63) is 53.6 Å². The molecule has 0 spiro atoms. The number of rotatable bonds is 5. The van der Waals surface area contributed by atoms with Gasteiger partial charge in [0.1, 0.15) is 22.5 Å². The molecule has 1 aliphatic rings. The van der Waals surface area contributed by atoms with Crippen molar-refractivity contribution in [3.63, 3.8) is 0 Å². The van der Waals surface area contributed by atoms with E-state index in [1.165, 1.54) is 4.31 Å². The van der Waals surface area contributed by atoms with Crippen molar-refractivity contribution in [2.45, 2.75) is 30.9 Å². The molecule has 3 atom stereocenters. The molecule has 0 saturated heterocycles. The third kappa shape index (κ3) is 5.87. The van der Waals surface area contributed by atoms with Crippen LogP contribution in [0.25, 0.3) is 0 Å². The van der Waals surface area contributed by atoms with Crippen LogP contribution < -0.4 is 9.47 Å². The molecule has 0 aliphatic carbocycles. The molecule has 0 unspecified atom stereocenters. The molecule has 3 rings (SSSR count). The monoisotopic (exact) mass is 472 g/mol. The molecular weight excluding hydrogens is 440 g/mol. The summed E-state index contributed by atoms with van der Waals surface area (Å²) in [6, 6.07) is 11.8. The molecule has 0 amide bonds. The Morgan fingerprint density at radius 3 is 2.55 bits per heavy atom. The molecule has 1 heterocycles. The largest absolute Gasteiger partial charge is 0.497 e. The molecule has 178 valence electrons. The lowest BCUT2D eigenvalue weighted by Gasteiger charge is -2.37. The maximum atomic E-state index is 13.5. The third-order valence-electron chi connectivity index (χ3n) is 5.63. The summed E-state index contributed by atoms with van der Waals surface area (Å²) in [6.45, 7) is 4.31. The van der Waals surface area contributed by atoms with E-state index in [0.717, 1.165) is 5.56 Å². The van der Waals surface area contributed by atoms with E-state index in [2.05, 4.69) is 11.8 Å². The quantitative estimate of drug-likeness (QED) is 0.674. The highest BCUT2D eigenvalue weighted by molar-refractivity contribution is 7.89. The Hall–Kier alpha value is -2.57. The number of ether oxygens (including phenoxy) is 2. The summed E-state index contributed by atoms with van der Waals surface area (Å²) in [7, 11) is 1.65. The second-order valence-electron chi connectivity index (χ2n) is 8.65. The van der Waals surface area contributed by atoms with Crippen LogP contribution in [0.15, 0.2) is 47.4 Å². The summed E-state index contributed by atoms with van der Waals surface area (Å²) in [5.41, 5.74) is 1.43. The number of sulfonamides is 1. The Morgan fingerprint density at radius 2 is 1.91 bits per heavy atom. The van der Waals surface area contributed by atoms with Crippen LogP contribution in [-0.2, 0) is 10.0 Å². The number of fused-ring (bicyclic) bond motifs is 1. The van der Waals surface area contributed by atoms with Gasteiger partial charge in [-0.15, -0.1) is 0 Å². The van der Waals surface area contributed by atoms with Crippen LogP contribution >= 0.6 is 0 Å². The number of hydrogen-bond donors (Lipinski definition) is 1. The highest BCUT2D eigenvalue weighted by Crippen LogP contribution is 2.34. The van der Waals surface area contributed by atoms with Gasteiger partial charge in [0.25, 0.3) is 0 Å². The number of hydrogen-bond acceptors (Lipinski definition) is 6. The van der Waals surface area contributed by atoms with E-state index in [0.29, 0.717) is 17.9 Å². The summed E-state index contributed by atoms with van der Waals surface area (Å²) >= 11 is 0. The fraction of sp³-hybridized carbons (Fsp3) is 0.440. The van der Waals surface area contributed by atoms with Gasteiger partial charge in [-0.3, -0.25) is 0 Å². The molecule has 1 N–H and O–H groups in total. The van der Waals surface area contributed by atoms with Gasteiger partial charge in [0.05, 0.1) is 13.7 Å². The third-order valence-corrected chi connectivity index (χ3v) is 7.65. The second-order valence-corrected chi connectivity index (χ2v) is 10.5. The molecule has 0 bridgehead atoms. The van der Waals surface area contributed by atoms with Crippen molar-refractivity contribution in [1.29, 1.82) is 0 Å². The summed E-state index contributed by atoms with van der Waals surface area (Å²) in [6.07, 6.45) is -0.232. The maximum Gasteiger partial charge on any atom is 0.247 e. The van der Waals surface area contributed by atoms with Crippen molar-refractivity contribution in [3.8, 4) is 23.3 Å². The highest BCUT2D eigenvalue weighted by Gasteiger charge is 2.37. The number of nitrogens with zero attached hydrogens (tertiary/aromatic N) is 2.